The summed E-state index contributed by atoms with van der Waals surface area (Å²) in [6, 6.07) is 1.99. The lowest BCUT2D eigenvalue weighted by atomic mass is 10.2. The van der Waals surface area contributed by atoms with Gasteiger partial charge in [0.15, 0.2) is 0 Å². The van der Waals surface area contributed by atoms with Crippen molar-refractivity contribution in [1.82, 2.24) is 14.9 Å². The van der Waals surface area contributed by atoms with Gasteiger partial charge in [-0.1, -0.05) is 6.92 Å². The molecular formula is C14H24N4O. The van der Waals surface area contributed by atoms with Gasteiger partial charge in [0.1, 0.15) is 11.6 Å². The molecule has 0 amide bonds. The predicted octanol–water partition coefficient (Wildman–Crippen LogP) is 1.33. The third-order valence-corrected chi connectivity index (χ3v) is 3.71. The van der Waals surface area contributed by atoms with Gasteiger partial charge in [-0.05, 0) is 19.4 Å². The number of hydrogen-bond acceptors (Lipinski definition) is 5. The van der Waals surface area contributed by atoms with Crippen LogP contribution in [0.25, 0.3) is 0 Å². The fourth-order valence-corrected chi connectivity index (χ4v) is 2.44. The molecule has 1 atom stereocenters. The second-order valence-electron chi connectivity index (χ2n) is 5.02. The quantitative estimate of drug-likeness (QED) is 0.802. The van der Waals surface area contributed by atoms with E-state index in [2.05, 4.69) is 26.7 Å². The summed E-state index contributed by atoms with van der Waals surface area (Å²) in [6.07, 6.45) is 3.26. The highest BCUT2D eigenvalue weighted by molar-refractivity contribution is 5.37. The van der Waals surface area contributed by atoms with Crippen LogP contribution in [0.3, 0.4) is 0 Å². The summed E-state index contributed by atoms with van der Waals surface area (Å²) in [4.78, 5) is 13.4. The van der Waals surface area contributed by atoms with Crippen LogP contribution >= 0.6 is 0 Å². The molecule has 1 aliphatic rings. The molecule has 5 heteroatoms. The Labute approximate surface area is 115 Å². The zero-order chi connectivity index (χ0) is 13.7. The van der Waals surface area contributed by atoms with Gasteiger partial charge in [0, 0.05) is 46.0 Å². The standard InChI is InChI=1S/C14H24N4O/c1-4-13(19-3)11-17-7-9-18(10-8-17)14-5-6-15-12(2)16-14/h5-6,13H,4,7-11H2,1-3H3. The lowest BCUT2D eigenvalue weighted by Gasteiger charge is -2.36. The lowest BCUT2D eigenvalue weighted by molar-refractivity contribution is 0.0595. The molecular weight excluding hydrogens is 240 g/mol. The minimum atomic E-state index is 0.354. The number of methoxy groups -OCH3 is 1. The van der Waals surface area contributed by atoms with Gasteiger partial charge in [0.05, 0.1) is 6.10 Å². The molecule has 2 heterocycles. The first-order chi connectivity index (χ1) is 9.22. The summed E-state index contributed by atoms with van der Waals surface area (Å²) in [7, 11) is 1.80. The third kappa shape index (κ3) is 3.88. The molecule has 0 N–H and O–H groups in total. The smallest absolute Gasteiger partial charge is 0.132 e. The normalized spacial score (nSPS) is 18.6. The highest BCUT2D eigenvalue weighted by atomic mass is 16.5. The molecule has 1 aliphatic heterocycles. The first kappa shape index (κ1) is 14.2. The van der Waals surface area contributed by atoms with Gasteiger partial charge >= 0.3 is 0 Å². The van der Waals surface area contributed by atoms with Crippen molar-refractivity contribution < 1.29 is 4.74 Å². The van der Waals surface area contributed by atoms with E-state index in [9.17, 15) is 0 Å². The van der Waals surface area contributed by atoms with E-state index < -0.39 is 0 Å². The van der Waals surface area contributed by atoms with Gasteiger partial charge in [0.2, 0.25) is 0 Å². The molecule has 19 heavy (non-hydrogen) atoms. The molecule has 0 saturated carbocycles. The number of anilines is 1. The first-order valence-corrected chi connectivity index (χ1v) is 7.02. The average Bonchev–Trinajstić information content (AvgIpc) is 2.45. The summed E-state index contributed by atoms with van der Waals surface area (Å²) in [5.74, 6) is 1.89. The van der Waals surface area contributed by atoms with Crippen molar-refractivity contribution in [3.63, 3.8) is 0 Å². The second-order valence-corrected chi connectivity index (χ2v) is 5.02. The molecule has 0 aliphatic carbocycles. The van der Waals surface area contributed by atoms with Crippen LogP contribution in [0.5, 0.6) is 0 Å². The zero-order valence-corrected chi connectivity index (χ0v) is 12.2. The van der Waals surface area contributed by atoms with E-state index in [0.29, 0.717) is 6.10 Å². The van der Waals surface area contributed by atoms with E-state index in [0.717, 1.165) is 50.8 Å². The van der Waals surface area contributed by atoms with E-state index >= 15 is 0 Å². The van der Waals surface area contributed by atoms with Gasteiger partial charge in [-0.2, -0.15) is 0 Å². The maximum absolute atomic E-state index is 5.45. The van der Waals surface area contributed by atoms with Crippen LogP contribution in [0.2, 0.25) is 0 Å². The zero-order valence-electron chi connectivity index (χ0n) is 12.2. The molecule has 0 bridgehead atoms. The Hall–Kier alpha value is -1.20. The van der Waals surface area contributed by atoms with Crippen LogP contribution in [0.4, 0.5) is 5.82 Å². The van der Waals surface area contributed by atoms with E-state index in [1.54, 1.807) is 7.11 Å². The summed E-state index contributed by atoms with van der Waals surface area (Å²) in [6.45, 7) is 9.33. The van der Waals surface area contributed by atoms with Gasteiger partial charge < -0.3 is 9.64 Å². The van der Waals surface area contributed by atoms with Gasteiger partial charge in [0.25, 0.3) is 0 Å². The Morgan fingerprint density at radius 2 is 2.05 bits per heavy atom. The molecule has 1 aromatic heterocycles. The second kappa shape index (κ2) is 6.82. The molecule has 106 valence electrons. The van der Waals surface area contributed by atoms with Gasteiger partial charge in [-0.3, -0.25) is 4.90 Å². The molecule has 0 radical (unpaired) electrons. The first-order valence-electron chi connectivity index (χ1n) is 7.02. The summed E-state index contributed by atoms with van der Waals surface area (Å²) in [5, 5.41) is 0. The molecule has 2 rings (SSSR count). The summed E-state index contributed by atoms with van der Waals surface area (Å²) in [5.41, 5.74) is 0. The number of hydrogen-bond donors (Lipinski definition) is 0. The molecule has 0 aromatic carbocycles. The molecule has 5 nitrogen and oxygen atoms in total. The van der Waals surface area contributed by atoms with Crippen molar-refractivity contribution in [1.29, 1.82) is 0 Å². The van der Waals surface area contributed by atoms with E-state index in [1.165, 1.54) is 0 Å². The monoisotopic (exact) mass is 264 g/mol. The predicted molar refractivity (Wildman–Crippen MR) is 76.5 cm³/mol. The van der Waals surface area contributed by atoms with Crippen molar-refractivity contribution in [2.45, 2.75) is 26.4 Å². The van der Waals surface area contributed by atoms with Crippen molar-refractivity contribution in [3.8, 4) is 0 Å². The number of aromatic nitrogens is 2. The maximum Gasteiger partial charge on any atom is 0.132 e. The van der Waals surface area contributed by atoms with Crippen LogP contribution in [-0.4, -0.2) is 60.8 Å². The van der Waals surface area contributed by atoms with Crippen LogP contribution < -0.4 is 4.90 Å². The Balaban J connectivity index is 1.85. The van der Waals surface area contributed by atoms with Gasteiger partial charge in [-0.15, -0.1) is 0 Å². The SMILES string of the molecule is CCC(CN1CCN(c2ccnc(C)n2)CC1)OC. The summed E-state index contributed by atoms with van der Waals surface area (Å²) < 4.78 is 5.45. The molecule has 1 fully saturated rings. The fourth-order valence-electron chi connectivity index (χ4n) is 2.44. The van der Waals surface area contributed by atoms with E-state index in [4.69, 9.17) is 4.74 Å². The largest absolute Gasteiger partial charge is 0.380 e. The number of aryl methyl sites for hydroxylation is 1. The van der Waals surface area contributed by atoms with Crippen molar-refractivity contribution in [2.75, 3.05) is 44.7 Å². The maximum atomic E-state index is 5.45. The number of piperazine rings is 1. The minimum Gasteiger partial charge on any atom is -0.380 e. The van der Waals surface area contributed by atoms with Crippen LogP contribution in [0.15, 0.2) is 12.3 Å². The van der Waals surface area contributed by atoms with Crippen LogP contribution in [0, 0.1) is 6.92 Å². The average molecular weight is 264 g/mol. The highest BCUT2D eigenvalue weighted by Gasteiger charge is 2.20. The van der Waals surface area contributed by atoms with Crippen molar-refractivity contribution >= 4 is 5.82 Å². The minimum absolute atomic E-state index is 0.354. The molecule has 1 unspecified atom stereocenters. The van der Waals surface area contributed by atoms with E-state index in [1.807, 2.05) is 19.2 Å². The van der Waals surface area contributed by atoms with Crippen LogP contribution in [-0.2, 0) is 4.74 Å². The molecule has 0 spiro atoms. The fraction of sp³-hybridized carbons (Fsp3) is 0.714. The topological polar surface area (TPSA) is 41.5 Å². The Kier molecular flexibility index (Phi) is 5.10. The van der Waals surface area contributed by atoms with Crippen LogP contribution in [0.1, 0.15) is 19.2 Å². The van der Waals surface area contributed by atoms with Crippen molar-refractivity contribution in [3.05, 3.63) is 18.1 Å². The molecule has 1 aromatic rings. The van der Waals surface area contributed by atoms with Crippen molar-refractivity contribution in [2.24, 2.45) is 0 Å². The summed E-state index contributed by atoms with van der Waals surface area (Å²) >= 11 is 0. The lowest BCUT2D eigenvalue weighted by Crippen LogP contribution is -2.49. The number of nitrogens with zero attached hydrogens (tertiary/aromatic N) is 4. The molecule has 1 saturated heterocycles. The number of ether oxygens (including phenoxy) is 1. The van der Waals surface area contributed by atoms with E-state index in [-0.39, 0.29) is 0 Å². The number of rotatable bonds is 5. The third-order valence-electron chi connectivity index (χ3n) is 3.71. The Bertz CT molecular complexity index is 387. The van der Waals surface area contributed by atoms with Gasteiger partial charge in [-0.25, -0.2) is 9.97 Å². The Morgan fingerprint density at radius 1 is 1.32 bits per heavy atom. The highest BCUT2D eigenvalue weighted by Crippen LogP contribution is 2.13. The Morgan fingerprint density at radius 3 is 2.63 bits per heavy atom.